The Balaban J connectivity index is 2.86. The molecule has 1 aromatic heterocycles. The molecule has 0 saturated carbocycles. The van der Waals surface area contributed by atoms with Crippen molar-refractivity contribution in [2.45, 2.75) is 13.5 Å². The van der Waals surface area contributed by atoms with Gasteiger partial charge >= 0.3 is 0 Å². The summed E-state index contributed by atoms with van der Waals surface area (Å²) in [5.41, 5.74) is 0.593. The highest BCUT2D eigenvalue weighted by molar-refractivity contribution is 5.78. The van der Waals surface area contributed by atoms with Gasteiger partial charge in [0, 0.05) is 0 Å². The molecule has 1 heterocycles. The Bertz CT molecular complexity index is 569. The third-order valence-corrected chi connectivity index (χ3v) is 2.28. The van der Waals surface area contributed by atoms with Gasteiger partial charge in [-0.1, -0.05) is 6.07 Å². The van der Waals surface area contributed by atoms with Gasteiger partial charge in [-0.15, -0.1) is 0 Å². The fourth-order valence-corrected chi connectivity index (χ4v) is 1.44. The van der Waals surface area contributed by atoms with E-state index in [1.807, 2.05) is 0 Å². The minimum absolute atomic E-state index is 0.112. The van der Waals surface area contributed by atoms with Crippen molar-refractivity contribution < 1.29 is 14.6 Å². The first-order valence-corrected chi connectivity index (χ1v) is 4.49. The van der Waals surface area contributed by atoms with Crippen molar-refractivity contribution in [2.75, 3.05) is 0 Å². The van der Waals surface area contributed by atoms with Crippen LogP contribution in [-0.4, -0.2) is 10.2 Å². The number of aryl methyl sites for hydroxylation is 1. The molecule has 4 nitrogen and oxygen atoms in total. The van der Waals surface area contributed by atoms with Crippen LogP contribution in [-0.2, 0) is 6.61 Å². The first-order chi connectivity index (χ1) is 7.13. The molecule has 2 N–H and O–H groups in total. The number of aliphatic hydroxyl groups is 1. The number of benzene rings is 1. The van der Waals surface area contributed by atoms with Gasteiger partial charge in [-0.25, -0.2) is 0 Å². The summed E-state index contributed by atoms with van der Waals surface area (Å²) in [5.74, 6) is -0.179. The molecule has 15 heavy (non-hydrogen) atoms. The van der Waals surface area contributed by atoms with Crippen LogP contribution >= 0.6 is 0 Å². The molecule has 0 unspecified atom stereocenters. The van der Waals surface area contributed by atoms with Crippen molar-refractivity contribution >= 4 is 11.0 Å². The second kappa shape index (κ2) is 3.40. The van der Waals surface area contributed by atoms with Gasteiger partial charge in [0.05, 0.1) is 12.0 Å². The van der Waals surface area contributed by atoms with Crippen LogP contribution in [0.5, 0.6) is 5.75 Å². The van der Waals surface area contributed by atoms with E-state index in [0.29, 0.717) is 16.5 Å². The van der Waals surface area contributed by atoms with E-state index < -0.39 is 5.43 Å². The minimum atomic E-state index is -0.446. The van der Waals surface area contributed by atoms with E-state index in [9.17, 15) is 9.90 Å². The van der Waals surface area contributed by atoms with Gasteiger partial charge in [0.15, 0.2) is 0 Å². The SMILES string of the molecule is Cc1oc2cc(CO)ccc2c(=O)c1O. The van der Waals surface area contributed by atoms with Gasteiger partial charge in [-0.3, -0.25) is 4.79 Å². The molecular formula is C11H10O4. The monoisotopic (exact) mass is 206 g/mol. The van der Waals surface area contributed by atoms with Crippen molar-refractivity contribution in [1.82, 2.24) is 0 Å². The zero-order chi connectivity index (χ0) is 11.0. The van der Waals surface area contributed by atoms with Crippen molar-refractivity contribution in [1.29, 1.82) is 0 Å². The molecule has 0 amide bonds. The van der Waals surface area contributed by atoms with Crippen LogP contribution in [0.25, 0.3) is 11.0 Å². The summed E-state index contributed by atoms with van der Waals surface area (Å²) in [5, 5.41) is 18.6. The number of aliphatic hydroxyl groups excluding tert-OH is 1. The van der Waals surface area contributed by atoms with E-state index in [2.05, 4.69) is 0 Å². The van der Waals surface area contributed by atoms with Gasteiger partial charge < -0.3 is 14.6 Å². The molecule has 2 aromatic rings. The predicted octanol–water partition coefficient (Wildman–Crippen LogP) is 1.30. The second-order valence-electron chi connectivity index (χ2n) is 3.32. The Morgan fingerprint density at radius 3 is 2.80 bits per heavy atom. The standard InChI is InChI=1S/C11H10O4/c1-6-10(13)11(14)8-3-2-7(5-12)4-9(8)15-6/h2-4,12-13H,5H2,1H3. The molecule has 0 atom stereocenters. The highest BCUT2D eigenvalue weighted by Crippen LogP contribution is 2.19. The average molecular weight is 206 g/mol. The molecule has 0 aliphatic heterocycles. The van der Waals surface area contributed by atoms with E-state index in [4.69, 9.17) is 9.52 Å². The average Bonchev–Trinajstić information content (AvgIpc) is 2.25. The van der Waals surface area contributed by atoms with E-state index in [-0.39, 0.29) is 18.1 Å². The number of fused-ring (bicyclic) bond motifs is 1. The van der Waals surface area contributed by atoms with E-state index in [1.165, 1.54) is 13.0 Å². The quantitative estimate of drug-likeness (QED) is 0.737. The first-order valence-electron chi connectivity index (χ1n) is 4.49. The van der Waals surface area contributed by atoms with Gasteiger partial charge in [-0.2, -0.15) is 0 Å². The molecular weight excluding hydrogens is 196 g/mol. The van der Waals surface area contributed by atoms with Crippen LogP contribution < -0.4 is 5.43 Å². The molecule has 0 saturated heterocycles. The van der Waals surface area contributed by atoms with Gasteiger partial charge in [0.2, 0.25) is 11.2 Å². The molecule has 0 spiro atoms. The zero-order valence-electron chi connectivity index (χ0n) is 8.15. The summed E-state index contributed by atoms with van der Waals surface area (Å²) < 4.78 is 5.25. The van der Waals surface area contributed by atoms with Gasteiger partial charge in [-0.05, 0) is 24.6 Å². The molecule has 0 radical (unpaired) electrons. The van der Waals surface area contributed by atoms with E-state index in [0.717, 1.165) is 0 Å². The third kappa shape index (κ3) is 1.49. The smallest absolute Gasteiger partial charge is 0.234 e. The Kier molecular flexibility index (Phi) is 2.21. The van der Waals surface area contributed by atoms with Crippen molar-refractivity contribution in [3.05, 3.63) is 39.7 Å². The second-order valence-corrected chi connectivity index (χ2v) is 3.32. The zero-order valence-corrected chi connectivity index (χ0v) is 8.15. The summed E-state index contributed by atoms with van der Waals surface area (Å²) in [6.45, 7) is 1.40. The summed E-state index contributed by atoms with van der Waals surface area (Å²) in [6, 6.07) is 4.74. The number of aromatic hydroxyl groups is 1. The van der Waals surface area contributed by atoms with Crippen LogP contribution in [0.2, 0.25) is 0 Å². The van der Waals surface area contributed by atoms with E-state index >= 15 is 0 Å². The fraction of sp³-hybridized carbons (Fsp3) is 0.182. The molecule has 4 heteroatoms. The van der Waals surface area contributed by atoms with Crippen molar-refractivity contribution in [2.24, 2.45) is 0 Å². The molecule has 2 rings (SSSR count). The summed E-state index contributed by atoms with van der Waals surface area (Å²) in [6.07, 6.45) is 0. The van der Waals surface area contributed by atoms with Crippen molar-refractivity contribution in [3.8, 4) is 5.75 Å². The van der Waals surface area contributed by atoms with Crippen LogP contribution in [0.15, 0.2) is 27.4 Å². The molecule has 78 valence electrons. The Labute approximate surface area is 85.4 Å². The predicted molar refractivity (Wildman–Crippen MR) is 54.8 cm³/mol. The number of hydrogen-bond donors (Lipinski definition) is 2. The van der Waals surface area contributed by atoms with Crippen LogP contribution in [0, 0.1) is 6.92 Å². The lowest BCUT2D eigenvalue weighted by molar-refractivity contribution is 0.282. The lowest BCUT2D eigenvalue weighted by Gasteiger charge is -2.02. The minimum Gasteiger partial charge on any atom is -0.502 e. The van der Waals surface area contributed by atoms with E-state index in [1.54, 1.807) is 12.1 Å². The molecule has 0 aliphatic rings. The topological polar surface area (TPSA) is 70.7 Å². The maximum atomic E-state index is 11.6. The highest BCUT2D eigenvalue weighted by Gasteiger charge is 2.09. The van der Waals surface area contributed by atoms with Crippen LogP contribution in [0.4, 0.5) is 0 Å². The Morgan fingerprint density at radius 2 is 2.13 bits per heavy atom. The lowest BCUT2D eigenvalue weighted by Crippen LogP contribution is -2.02. The Hall–Kier alpha value is -1.81. The summed E-state index contributed by atoms with van der Waals surface area (Å²) in [4.78, 5) is 11.6. The summed E-state index contributed by atoms with van der Waals surface area (Å²) >= 11 is 0. The first kappa shape index (κ1) is 9.73. The highest BCUT2D eigenvalue weighted by atomic mass is 16.4. The molecule has 0 aliphatic carbocycles. The largest absolute Gasteiger partial charge is 0.502 e. The lowest BCUT2D eigenvalue weighted by atomic mass is 10.1. The molecule has 0 fully saturated rings. The maximum Gasteiger partial charge on any atom is 0.234 e. The number of hydrogen-bond acceptors (Lipinski definition) is 4. The van der Waals surface area contributed by atoms with Gasteiger partial charge in [0.1, 0.15) is 11.3 Å². The molecule has 0 bridgehead atoms. The van der Waals surface area contributed by atoms with Crippen LogP contribution in [0.1, 0.15) is 11.3 Å². The molecule has 1 aromatic carbocycles. The maximum absolute atomic E-state index is 11.6. The number of rotatable bonds is 1. The van der Waals surface area contributed by atoms with Crippen molar-refractivity contribution in [3.63, 3.8) is 0 Å². The fourth-order valence-electron chi connectivity index (χ4n) is 1.44. The third-order valence-electron chi connectivity index (χ3n) is 2.28. The summed E-state index contributed by atoms with van der Waals surface area (Å²) in [7, 11) is 0. The Morgan fingerprint density at radius 1 is 1.40 bits per heavy atom. The normalized spacial score (nSPS) is 10.8. The van der Waals surface area contributed by atoms with Gasteiger partial charge in [0.25, 0.3) is 0 Å². The van der Waals surface area contributed by atoms with Crippen LogP contribution in [0.3, 0.4) is 0 Å².